The summed E-state index contributed by atoms with van der Waals surface area (Å²) in [4.78, 5) is 6.92. The van der Waals surface area contributed by atoms with Crippen LogP contribution in [-0.4, -0.2) is 29.8 Å². The number of benzene rings is 3. The normalized spacial score (nSPS) is 12.4. The van der Waals surface area contributed by atoms with Crippen LogP contribution in [0.25, 0.3) is 10.9 Å². The number of nitrogens with zero attached hydrogens (tertiary/aromatic N) is 2. The maximum Gasteiger partial charge on any atom is 0.231 e. The molecule has 3 aromatic carbocycles. The van der Waals surface area contributed by atoms with Crippen molar-refractivity contribution in [3.63, 3.8) is 0 Å². The van der Waals surface area contributed by atoms with Gasteiger partial charge in [0.05, 0.1) is 5.52 Å². The third kappa shape index (κ3) is 5.61. The summed E-state index contributed by atoms with van der Waals surface area (Å²) in [5.74, 6) is 1.67. The fraction of sp³-hybridized carbons (Fsp3) is 0.250. The molecule has 1 aliphatic heterocycles. The molecule has 0 radical (unpaired) electrons. The molecule has 0 amide bonds. The number of pyridine rings is 1. The highest BCUT2D eigenvalue weighted by Gasteiger charge is 2.15. The number of rotatable bonds is 10. The van der Waals surface area contributed by atoms with Gasteiger partial charge in [0.15, 0.2) is 11.5 Å². The topological polar surface area (TPSA) is 46.6 Å². The molecule has 4 aromatic rings. The van der Waals surface area contributed by atoms with Gasteiger partial charge >= 0.3 is 0 Å². The minimum absolute atomic E-state index is 0.305. The van der Waals surface area contributed by atoms with Crippen molar-refractivity contribution in [1.29, 1.82) is 0 Å². The molecule has 6 heteroatoms. The Labute approximate surface area is 205 Å². The lowest BCUT2D eigenvalue weighted by atomic mass is 10.1. The van der Waals surface area contributed by atoms with E-state index < -0.39 is 0 Å². The number of halogens is 1. The predicted octanol–water partition coefficient (Wildman–Crippen LogP) is 6.51. The van der Waals surface area contributed by atoms with Crippen LogP contribution >= 0.6 is 11.6 Å². The Morgan fingerprint density at radius 1 is 0.853 bits per heavy atom. The summed E-state index contributed by atoms with van der Waals surface area (Å²) < 4.78 is 11.0. The highest BCUT2D eigenvalue weighted by molar-refractivity contribution is 6.31. The van der Waals surface area contributed by atoms with Crippen molar-refractivity contribution < 1.29 is 9.47 Å². The monoisotopic (exact) mass is 473 g/mol. The highest BCUT2D eigenvalue weighted by atomic mass is 35.5. The Balaban J connectivity index is 1.18. The van der Waals surface area contributed by atoms with Crippen molar-refractivity contribution in [3.05, 3.63) is 95.1 Å². The van der Waals surface area contributed by atoms with Crippen molar-refractivity contribution in [1.82, 2.24) is 9.88 Å². The summed E-state index contributed by atoms with van der Waals surface area (Å²) in [6, 6.07) is 24.8. The van der Waals surface area contributed by atoms with Gasteiger partial charge in [0.1, 0.15) is 0 Å². The van der Waals surface area contributed by atoms with Crippen molar-refractivity contribution in [2.75, 3.05) is 25.2 Å². The number of ether oxygens (including phenoxy) is 2. The molecule has 0 saturated heterocycles. The number of unbranched alkanes of at least 4 members (excludes halogenated alkanes) is 1. The first-order chi connectivity index (χ1) is 16.7. The van der Waals surface area contributed by atoms with E-state index in [-0.39, 0.29) is 0 Å². The molecule has 1 aromatic heterocycles. The van der Waals surface area contributed by atoms with Gasteiger partial charge in [-0.05, 0) is 66.9 Å². The van der Waals surface area contributed by atoms with Crippen LogP contribution in [0, 0.1) is 0 Å². The smallest absolute Gasteiger partial charge is 0.231 e. The molecule has 1 N–H and O–H groups in total. The molecule has 0 saturated carbocycles. The van der Waals surface area contributed by atoms with E-state index in [4.69, 9.17) is 21.1 Å². The first-order valence-electron chi connectivity index (χ1n) is 11.7. The quantitative estimate of drug-likeness (QED) is 0.266. The predicted molar refractivity (Wildman–Crippen MR) is 138 cm³/mol. The summed E-state index contributed by atoms with van der Waals surface area (Å²) >= 11 is 6.11. The van der Waals surface area contributed by atoms with Crippen LogP contribution in [0.2, 0.25) is 5.02 Å². The van der Waals surface area contributed by atoms with Crippen LogP contribution < -0.4 is 14.8 Å². The van der Waals surface area contributed by atoms with Gasteiger partial charge < -0.3 is 14.8 Å². The van der Waals surface area contributed by atoms with E-state index in [0.29, 0.717) is 11.8 Å². The Morgan fingerprint density at radius 3 is 2.62 bits per heavy atom. The van der Waals surface area contributed by atoms with E-state index in [1.165, 1.54) is 11.1 Å². The van der Waals surface area contributed by atoms with Gasteiger partial charge in [-0.2, -0.15) is 0 Å². The highest BCUT2D eigenvalue weighted by Crippen LogP contribution is 2.33. The summed E-state index contributed by atoms with van der Waals surface area (Å²) in [6.07, 6.45) is 4.00. The molecule has 5 rings (SSSR count). The number of nitrogens with one attached hydrogen (secondary N) is 1. The lowest BCUT2D eigenvalue weighted by Gasteiger charge is -2.23. The van der Waals surface area contributed by atoms with Gasteiger partial charge in [0.25, 0.3) is 0 Å². The summed E-state index contributed by atoms with van der Waals surface area (Å²) in [7, 11) is 0. The van der Waals surface area contributed by atoms with E-state index in [9.17, 15) is 0 Å². The number of hydrogen-bond donors (Lipinski definition) is 1. The second kappa shape index (κ2) is 10.8. The van der Waals surface area contributed by atoms with Crippen molar-refractivity contribution in [2.24, 2.45) is 0 Å². The molecule has 0 spiro atoms. The second-order valence-corrected chi connectivity index (χ2v) is 8.97. The van der Waals surface area contributed by atoms with Crippen LogP contribution in [-0.2, 0) is 13.1 Å². The lowest BCUT2D eigenvalue weighted by Crippen LogP contribution is -2.24. The van der Waals surface area contributed by atoms with Gasteiger partial charge in [-0.1, -0.05) is 48.0 Å². The molecule has 0 fully saturated rings. The standard InChI is InChI=1S/C28H28ClN3O2/c29-23-9-10-24-25(12-14-31-26(24)17-23)30-13-4-5-15-32(18-21-6-2-1-3-7-21)19-22-8-11-27-28(16-22)34-20-33-27/h1-3,6-12,14,16-17H,4-5,13,15,18-20H2,(H,30,31). The largest absolute Gasteiger partial charge is 0.454 e. The number of fused-ring (bicyclic) bond motifs is 2. The average molecular weight is 474 g/mol. The van der Waals surface area contributed by atoms with Crippen LogP contribution in [0.3, 0.4) is 0 Å². The Morgan fingerprint density at radius 2 is 1.71 bits per heavy atom. The molecule has 2 heterocycles. The van der Waals surface area contributed by atoms with Gasteiger partial charge in [0.2, 0.25) is 6.79 Å². The van der Waals surface area contributed by atoms with Crippen LogP contribution in [0.5, 0.6) is 11.5 Å². The first kappa shape index (κ1) is 22.5. The van der Waals surface area contributed by atoms with E-state index in [0.717, 1.165) is 67.1 Å². The molecule has 1 aliphatic rings. The number of hydrogen-bond acceptors (Lipinski definition) is 5. The molecule has 0 bridgehead atoms. The zero-order valence-electron chi connectivity index (χ0n) is 19.0. The summed E-state index contributed by atoms with van der Waals surface area (Å²) in [6.45, 7) is 4.01. The Kier molecular flexibility index (Phi) is 7.13. The number of aromatic nitrogens is 1. The molecule has 174 valence electrons. The minimum Gasteiger partial charge on any atom is -0.454 e. The van der Waals surface area contributed by atoms with E-state index >= 15 is 0 Å². The summed E-state index contributed by atoms with van der Waals surface area (Å²) in [5, 5.41) is 5.38. The van der Waals surface area contributed by atoms with Crippen molar-refractivity contribution in [3.8, 4) is 11.5 Å². The minimum atomic E-state index is 0.305. The van der Waals surface area contributed by atoms with Gasteiger partial charge in [-0.25, -0.2) is 0 Å². The summed E-state index contributed by atoms with van der Waals surface area (Å²) in [5.41, 5.74) is 4.57. The second-order valence-electron chi connectivity index (χ2n) is 8.54. The fourth-order valence-corrected chi connectivity index (χ4v) is 4.48. The van der Waals surface area contributed by atoms with Crippen molar-refractivity contribution in [2.45, 2.75) is 25.9 Å². The zero-order valence-corrected chi connectivity index (χ0v) is 19.8. The van der Waals surface area contributed by atoms with Crippen LogP contribution in [0.1, 0.15) is 24.0 Å². The molecule has 5 nitrogen and oxygen atoms in total. The maximum absolute atomic E-state index is 6.11. The van der Waals surface area contributed by atoms with E-state index in [1.54, 1.807) is 0 Å². The molecule has 0 atom stereocenters. The zero-order chi connectivity index (χ0) is 23.2. The average Bonchev–Trinajstić information content (AvgIpc) is 3.32. The molecule has 34 heavy (non-hydrogen) atoms. The number of anilines is 1. The molecular formula is C28H28ClN3O2. The maximum atomic E-state index is 6.11. The van der Waals surface area contributed by atoms with Gasteiger partial charge in [-0.3, -0.25) is 9.88 Å². The molecular weight excluding hydrogens is 446 g/mol. The molecule has 0 unspecified atom stereocenters. The Hall–Kier alpha value is -3.28. The fourth-order valence-electron chi connectivity index (χ4n) is 4.31. The van der Waals surface area contributed by atoms with Gasteiger partial charge in [-0.15, -0.1) is 0 Å². The Bertz CT molecular complexity index is 1250. The van der Waals surface area contributed by atoms with E-state index in [1.807, 2.05) is 36.5 Å². The molecule has 0 aliphatic carbocycles. The SMILES string of the molecule is Clc1ccc2c(NCCCCN(Cc3ccccc3)Cc3ccc4c(c3)OCO4)ccnc2c1. The van der Waals surface area contributed by atoms with Crippen LogP contribution in [0.15, 0.2) is 79.0 Å². The van der Waals surface area contributed by atoms with Crippen molar-refractivity contribution >= 4 is 28.2 Å². The van der Waals surface area contributed by atoms with Crippen LogP contribution in [0.4, 0.5) is 5.69 Å². The van der Waals surface area contributed by atoms with E-state index in [2.05, 4.69) is 57.7 Å². The third-order valence-corrected chi connectivity index (χ3v) is 6.25. The first-order valence-corrected chi connectivity index (χ1v) is 12.1. The van der Waals surface area contributed by atoms with Gasteiger partial charge in [0, 0.05) is 41.9 Å². The third-order valence-electron chi connectivity index (χ3n) is 6.01. The lowest BCUT2D eigenvalue weighted by molar-refractivity contribution is 0.174.